The molecule has 1 unspecified atom stereocenters. The third-order valence-corrected chi connectivity index (χ3v) is 9.40. The molecule has 1 aliphatic carbocycles. The smallest absolute Gasteiger partial charge is 0.195 e. The average Bonchev–Trinajstić information content (AvgIpc) is 3.70. The summed E-state index contributed by atoms with van der Waals surface area (Å²) in [6, 6.07) is 22.3. The number of Topliss-reactive ketones (excluding diaryl/α,β-unsaturated/α-hetero) is 3. The first-order chi connectivity index (χ1) is 19.5. The summed E-state index contributed by atoms with van der Waals surface area (Å²) in [5.74, 6) is -0.679. The molecule has 7 heteroatoms. The number of hydrogen-bond acceptors (Lipinski definition) is 7. The van der Waals surface area contributed by atoms with E-state index >= 15 is 0 Å². The number of ketones is 3. The topological polar surface area (TPSA) is 72.9 Å². The van der Waals surface area contributed by atoms with Crippen LogP contribution in [0, 0.1) is 5.41 Å². The van der Waals surface area contributed by atoms with Crippen molar-refractivity contribution in [3.8, 4) is 11.5 Å². The predicted molar refractivity (Wildman–Crippen MR) is 154 cm³/mol. The quantitative estimate of drug-likeness (QED) is 0.223. The Morgan fingerprint density at radius 1 is 0.850 bits per heavy atom. The fraction of sp³-hybridized carbons (Fsp3) is 0.182. The van der Waals surface area contributed by atoms with Gasteiger partial charge in [-0.3, -0.25) is 14.4 Å². The van der Waals surface area contributed by atoms with Crippen molar-refractivity contribution in [3.05, 3.63) is 117 Å². The van der Waals surface area contributed by atoms with Crippen molar-refractivity contribution in [2.75, 3.05) is 19.1 Å². The predicted octanol–water partition coefficient (Wildman–Crippen LogP) is 6.08. The third-order valence-electron chi connectivity index (χ3n) is 8.51. The molecule has 0 N–H and O–H groups in total. The van der Waals surface area contributed by atoms with Gasteiger partial charge in [-0.25, -0.2) is 0 Å². The number of nitrogens with zero attached hydrogens (tertiary/aromatic N) is 1. The van der Waals surface area contributed by atoms with Gasteiger partial charge in [0.05, 0.1) is 25.1 Å². The van der Waals surface area contributed by atoms with E-state index < -0.39 is 23.4 Å². The Kier molecular flexibility index (Phi) is 5.54. The Balaban J connectivity index is 1.59. The van der Waals surface area contributed by atoms with E-state index in [0.717, 1.165) is 11.3 Å². The third kappa shape index (κ3) is 3.06. The van der Waals surface area contributed by atoms with Crippen LogP contribution < -0.4 is 14.4 Å². The molecule has 1 fully saturated rings. The summed E-state index contributed by atoms with van der Waals surface area (Å²) in [6.07, 6.45) is 3.88. The molecular formula is C33H25NO5S. The van der Waals surface area contributed by atoms with Crippen LogP contribution in [0.4, 0.5) is 5.69 Å². The molecule has 1 aromatic heterocycles. The maximum absolute atomic E-state index is 14.7. The second kappa shape index (κ2) is 9.03. The van der Waals surface area contributed by atoms with Gasteiger partial charge < -0.3 is 14.4 Å². The molecule has 40 heavy (non-hydrogen) atoms. The lowest BCUT2D eigenvalue weighted by molar-refractivity contribution is 0.0664. The van der Waals surface area contributed by atoms with Gasteiger partial charge in [0, 0.05) is 28.3 Å². The highest BCUT2D eigenvalue weighted by Gasteiger charge is 2.72. The van der Waals surface area contributed by atoms with Gasteiger partial charge in [0.15, 0.2) is 28.8 Å². The maximum Gasteiger partial charge on any atom is 0.195 e. The standard InChI is InChI=1S/C33H25NO5S/c1-38-24-14-7-12-22(30(24)39-2)27-28(29(35)25-15-8-18-40-25)34-23-13-6-3-9-19(23)16-17-26(34)33(27)31(36)20-10-4-5-11-21(20)32(33)37/h3-18,26-28H,1-2H3/t26?,27-,28+/m0/s1. The number of anilines is 1. The number of methoxy groups -OCH3 is 2. The van der Waals surface area contributed by atoms with E-state index in [0.29, 0.717) is 33.1 Å². The summed E-state index contributed by atoms with van der Waals surface area (Å²) in [5.41, 5.74) is 1.50. The van der Waals surface area contributed by atoms with Gasteiger partial charge in [0.25, 0.3) is 0 Å². The minimum atomic E-state index is -1.59. The van der Waals surface area contributed by atoms with Crippen LogP contribution in [0.25, 0.3) is 6.08 Å². The number of ether oxygens (including phenoxy) is 2. The highest BCUT2D eigenvalue weighted by atomic mass is 32.1. The first-order valence-electron chi connectivity index (χ1n) is 13.1. The number of para-hydroxylation sites is 2. The van der Waals surface area contributed by atoms with Crippen LogP contribution in [0.15, 0.2) is 90.3 Å². The maximum atomic E-state index is 14.7. The highest BCUT2D eigenvalue weighted by Crippen LogP contribution is 2.62. The van der Waals surface area contributed by atoms with E-state index in [1.807, 2.05) is 64.9 Å². The lowest BCUT2D eigenvalue weighted by Gasteiger charge is -2.37. The van der Waals surface area contributed by atoms with Crippen LogP contribution in [0.2, 0.25) is 0 Å². The molecular weight excluding hydrogens is 522 g/mol. The Morgan fingerprint density at radius 3 is 2.25 bits per heavy atom. The van der Waals surface area contributed by atoms with Gasteiger partial charge in [0.2, 0.25) is 0 Å². The molecule has 0 saturated carbocycles. The van der Waals surface area contributed by atoms with Gasteiger partial charge >= 0.3 is 0 Å². The van der Waals surface area contributed by atoms with Crippen molar-refractivity contribution in [1.82, 2.24) is 0 Å². The molecule has 3 aliphatic rings. The lowest BCUT2D eigenvalue weighted by Crippen LogP contribution is -2.48. The molecule has 3 aromatic carbocycles. The molecule has 2 aliphatic heterocycles. The number of hydrogen-bond donors (Lipinski definition) is 0. The van der Waals surface area contributed by atoms with Gasteiger partial charge in [-0.05, 0) is 29.1 Å². The van der Waals surface area contributed by atoms with Gasteiger partial charge in [-0.2, -0.15) is 0 Å². The Hall–Kier alpha value is -4.49. The zero-order valence-corrected chi connectivity index (χ0v) is 22.7. The van der Waals surface area contributed by atoms with Crippen LogP contribution in [-0.2, 0) is 0 Å². The summed E-state index contributed by atoms with van der Waals surface area (Å²) in [6.45, 7) is 0. The molecule has 6 nitrogen and oxygen atoms in total. The average molecular weight is 548 g/mol. The minimum Gasteiger partial charge on any atom is -0.493 e. The van der Waals surface area contributed by atoms with Crippen molar-refractivity contribution < 1.29 is 23.9 Å². The van der Waals surface area contributed by atoms with Crippen molar-refractivity contribution in [1.29, 1.82) is 0 Å². The molecule has 0 radical (unpaired) electrons. The fourth-order valence-electron chi connectivity index (χ4n) is 6.98. The monoisotopic (exact) mass is 547 g/mol. The molecule has 3 atom stereocenters. The number of rotatable bonds is 5. The van der Waals surface area contributed by atoms with Crippen molar-refractivity contribution in [3.63, 3.8) is 0 Å². The largest absolute Gasteiger partial charge is 0.493 e. The SMILES string of the molecule is COc1cccc([C@H]2[C@H](C(=O)c3cccs3)N3c4ccccc4C=CC3C23C(=O)c2ccccc2C3=O)c1OC. The number of benzene rings is 3. The first kappa shape index (κ1) is 24.5. The van der Waals surface area contributed by atoms with Crippen molar-refractivity contribution >= 4 is 40.4 Å². The van der Waals surface area contributed by atoms with E-state index in [1.165, 1.54) is 18.4 Å². The molecule has 7 rings (SSSR count). The number of carbonyl (C=O) groups is 3. The second-order valence-electron chi connectivity index (χ2n) is 10.2. The zero-order chi connectivity index (χ0) is 27.6. The van der Waals surface area contributed by atoms with Crippen LogP contribution >= 0.6 is 11.3 Å². The van der Waals surface area contributed by atoms with Crippen LogP contribution in [0.1, 0.15) is 47.4 Å². The fourth-order valence-corrected chi connectivity index (χ4v) is 7.68. The van der Waals surface area contributed by atoms with E-state index in [2.05, 4.69) is 0 Å². The summed E-state index contributed by atoms with van der Waals surface area (Å²) in [5, 5.41) is 1.86. The Morgan fingerprint density at radius 2 is 1.57 bits per heavy atom. The van der Waals surface area contributed by atoms with Crippen LogP contribution in [0.3, 0.4) is 0 Å². The van der Waals surface area contributed by atoms with Crippen molar-refractivity contribution in [2.45, 2.75) is 18.0 Å². The van der Waals surface area contributed by atoms with E-state index in [1.54, 1.807) is 43.5 Å². The number of fused-ring (bicyclic) bond motifs is 5. The lowest BCUT2D eigenvalue weighted by atomic mass is 9.64. The van der Waals surface area contributed by atoms with Crippen LogP contribution in [-0.4, -0.2) is 43.7 Å². The number of thiophene rings is 1. The van der Waals surface area contributed by atoms with Gasteiger partial charge in [-0.1, -0.05) is 72.8 Å². The molecule has 1 saturated heterocycles. The Bertz CT molecular complexity index is 1690. The van der Waals surface area contributed by atoms with Gasteiger partial charge in [0.1, 0.15) is 11.5 Å². The highest BCUT2D eigenvalue weighted by molar-refractivity contribution is 7.12. The van der Waals surface area contributed by atoms with Gasteiger partial charge in [-0.15, -0.1) is 11.3 Å². The number of carbonyl (C=O) groups excluding carboxylic acids is 3. The van der Waals surface area contributed by atoms with Crippen LogP contribution in [0.5, 0.6) is 11.5 Å². The minimum absolute atomic E-state index is 0.145. The van der Waals surface area contributed by atoms with E-state index in [9.17, 15) is 14.4 Å². The van der Waals surface area contributed by atoms with E-state index in [4.69, 9.17) is 9.47 Å². The normalized spacial score (nSPS) is 21.8. The summed E-state index contributed by atoms with van der Waals surface area (Å²) < 4.78 is 11.5. The van der Waals surface area contributed by atoms with Crippen molar-refractivity contribution in [2.24, 2.45) is 5.41 Å². The molecule has 3 heterocycles. The molecule has 198 valence electrons. The molecule has 4 aromatic rings. The first-order valence-corrected chi connectivity index (χ1v) is 13.9. The van der Waals surface area contributed by atoms with E-state index in [-0.39, 0.29) is 17.3 Å². The summed E-state index contributed by atoms with van der Waals surface area (Å²) in [7, 11) is 3.08. The molecule has 0 amide bonds. The summed E-state index contributed by atoms with van der Waals surface area (Å²) in [4.78, 5) is 46.6. The second-order valence-corrected chi connectivity index (χ2v) is 11.1. The zero-order valence-electron chi connectivity index (χ0n) is 21.9. The Labute approximate surface area is 235 Å². The molecule has 0 bridgehead atoms. The molecule has 1 spiro atoms. The summed E-state index contributed by atoms with van der Waals surface area (Å²) >= 11 is 1.35.